The van der Waals surface area contributed by atoms with Crippen LogP contribution >= 0.6 is 15.9 Å². The van der Waals surface area contributed by atoms with Crippen molar-refractivity contribution >= 4 is 31.0 Å². The number of sulfone groups is 1. The standard InChI is InChI=1S/C9H6BrNO3S/c10-8-6-11-9(15(8,12)13)14-7-4-2-1-3-5-7/h1-6H. The molecule has 2 rings (SSSR count). The number of hydrogen-bond donors (Lipinski definition) is 0. The summed E-state index contributed by atoms with van der Waals surface area (Å²) in [7, 11) is -3.56. The molecule has 1 heterocycles. The van der Waals surface area contributed by atoms with E-state index in [0.29, 0.717) is 5.75 Å². The zero-order valence-corrected chi connectivity index (χ0v) is 9.82. The van der Waals surface area contributed by atoms with E-state index in [2.05, 4.69) is 20.9 Å². The normalized spacial score (nSPS) is 18.2. The number of ether oxygens (including phenoxy) is 1. The van der Waals surface area contributed by atoms with Gasteiger partial charge in [0.2, 0.25) is 0 Å². The van der Waals surface area contributed by atoms with Gasteiger partial charge in [-0.25, -0.2) is 13.4 Å². The number of rotatable bonds is 1. The Bertz CT molecular complexity index is 534. The van der Waals surface area contributed by atoms with Gasteiger partial charge in [0.25, 0.3) is 9.84 Å². The van der Waals surface area contributed by atoms with Gasteiger partial charge in [-0.15, -0.1) is 0 Å². The summed E-state index contributed by atoms with van der Waals surface area (Å²) < 4.78 is 28.2. The monoisotopic (exact) mass is 287 g/mol. The number of nitrogens with zero attached hydrogens (tertiary/aromatic N) is 1. The first kappa shape index (κ1) is 10.4. The second kappa shape index (κ2) is 3.79. The van der Waals surface area contributed by atoms with Crippen molar-refractivity contribution in [2.75, 3.05) is 0 Å². The zero-order valence-electron chi connectivity index (χ0n) is 7.42. The van der Waals surface area contributed by atoms with Crippen molar-refractivity contribution < 1.29 is 13.2 Å². The minimum atomic E-state index is -3.56. The molecule has 78 valence electrons. The van der Waals surface area contributed by atoms with E-state index in [1.165, 1.54) is 6.20 Å². The second-order valence-electron chi connectivity index (χ2n) is 2.75. The highest BCUT2D eigenvalue weighted by Crippen LogP contribution is 2.24. The largest absolute Gasteiger partial charge is 0.430 e. The van der Waals surface area contributed by atoms with Crippen LogP contribution in [0.5, 0.6) is 5.75 Å². The number of hydrogen-bond acceptors (Lipinski definition) is 4. The van der Waals surface area contributed by atoms with Crippen LogP contribution in [-0.4, -0.2) is 13.6 Å². The van der Waals surface area contributed by atoms with Gasteiger partial charge in [-0.2, -0.15) is 0 Å². The molecule has 6 heteroatoms. The first-order chi connectivity index (χ1) is 7.10. The molecule has 1 aromatic carbocycles. The molecule has 0 saturated heterocycles. The highest BCUT2D eigenvalue weighted by atomic mass is 79.9. The molecule has 0 aromatic heterocycles. The molecule has 0 radical (unpaired) electrons. The number of halogens is 1. The molecule has 0 aliphatic carbocycles. The average molecular weight is 288 g/mol. The van der Waals surface area contributed by atoms with E-state index in [4.69, 9.17) is 4.74 Å². The fourth-order valence-corrected chi connectivity index (χ4v) is 2.27. The highest BCUT2D eigenvalue weighted by molar-refractivity contribution is 9.14. The molecule has 0 atom stereocenters. The molecule has 1 aliphatic rings. The minimum absolute atomic E-state index is 0.0148. The molecular formula is C9H6BrNO3S. The van der Waals surface area contributed by atoms with Crippen LogP contribution in [0.3, 0.4) is 0 Å². The zero-order chi connectivity index (χ0) is 10.9. The lowest BCUT2D eigenvalue weighted by atomic mass is 10.3. The van der Waals surface area contributed by atoms with Gasteiger partial charge in [0.15, 0.2) is 0 Å². The molecule has 1 aromatic rings. The fourth-order valence-electron chi connectivity index (χ4n) is 0.996. The first-order valence-electron chi connectivity index (χ1n) is 4.02. The summed E-state index contributed by atoms with van der Waals surface area (Å²) >= 11 is 2.89. The van der Waals surface area contributed by atoms with E-state index in [-0.39, 0.29) is 9.04 Å². The van der Waals surface area contributed by atoms with E-state index < -0.39 is 9.84 Å². The van der Waals surface area contributed by atoms with Crippen molar-refractivity contribution in [1.29, 1.82) is 0 Å². The van der Waals surface area contributed by atoms with E-state index in [9.17, 15) is 8.42 Å². The Morgan fingerprint density at radius 2 is 1.87 bits per heavy atom. The molecule has 0 fully saturated rings. The number of aliphatic imine (C=N–C) groups is 1. The van der Waals surface area contributed by atoms with Crippen molar-refractivity contribution in [2.24, 2.45) is 4.99 Å². The summed E-state index contributed by atoms with van der Waals surface area (Å²) in [4.78, 5) is 3.66. The maximum absolute atomic E-state index is 11.5. The molecule has 0 bridgehead atoms. The molecule has 0 spiro atoms. The summed E-state index contributed by atoms with van der Waals surface area (Å²) in [6, 6.07) is 8.63. The van der Waals surface area contributed by atoms with Gasteiger partial charge in [-0.05, 0) is 28.1 Å². The van der Waals surface area contributed by atoms with Crippen molar-refractivity contribution in [3.8, 4) is 5.75 Å². The predicted octanol–water partition coefficient (Wildman–Crippen LogP) is 2.04. The SMILES string of the molecule is O=S1(=O)C(Br)=CN=C1Oc1ccccc1. The minimum Gasteiger partial charge on any atom is -0.430 e. The molecular weight excluding hydrogens is 282 g/mol. The van der Waals surface area contributed by atoms with Crippen molar-refractivity contribution in [2.45, 2.75) is 0 Å². The quantitative estimate of drug-likeness (QED) is 0.794. The molecule has 0 saturated carbocycles. The third kappa shape index (κ3) is 1.95. The van der Waals surface area contributed by atoms with Crippen LogP contribution in [-0.2, 0) is 9.84 Å². The van der Waals surface area contributed by atoms with E-state index >= 15 is 0 Å². The molecule has 0 unspecified atom stereocenters. The van der Waals surface area contributed by atoms with Crippen LogP contribution in [0.15, 0.2) is 45.3 Å². The van der Waals surface area contributed by atoms with E-state index in [1.54, 1.807) is 24.3 Å². The van der Waals surface area contributed by atoms with E-state index in [1.807, 2.05) is 6.07 Å². The lowest BCUT2D eigenvalue weighted by molar-refractivity contribution is 0.550. The van der Waals surface area contributed by atoms with Crippen LogP contribution in [0.25, 0.3) is 0 Å². The Labute approximate surface area is 95.3 Å². The van der Waals surface area contributed by atoms with Gasteiger partial charge in [0, 0.05) is 0 Å². The first-order valence-corrected chi connectivity index (χ1v) is 6.30. The number of para-hydroxylation sites is 1. The Morgan fingerprint density at radius 1 is 1.20 bits per heavy atom. The maximum Gasteiger partial charge on any atom is 0.320 e. The smallest absolute Gasteiger partial charge is 0.320 e. The summed E-state index contributed by atoms with van der Waals surface area (Å²) in [6.45, 7) is 0. The summed E-state index contributed by atoms with van der Waals surface area (Å²) in [5, 5.41) is -0.305. The summed E-state index contributed by atoms with van der Waals surface area (Å²) in [5.74, 6) is 0.440. The molecule has 0 amide bonds. The van der Waals surface area contributed by atoms with Gasteiger partial charge in [-0.3, -0.25) is 0 Å². The summed E-state index contributed by atoms with van der Waals surface area (Å²) in [6.07, 6.45) is 1.20. The molecule has 0 N–H and O–H groups in total. The summed E-state index contributed by atoms with van der Waals surface area (Å²) in [5.41, 5.74) is 0. The van der Waals surface area contributed by atoms with Gasteiger partial charge in [-0.1, -0.05) is 18.2 Å². The molecule has 1 aliphatic heterocycles. The van der Waals surface area contributed by atoms with Crippen LogP contribution in [0, 0.1) is 0 Å². The third-order valence-corrected chi connectivity index (χ3v) is 4.46. The lowest BCUT2D eigenvalue weighted by Gasteiger charge is -2.03. The van der Waals surface area contributed by atoms with Crippen LogP contribution in [0.2, 0.25) is 0 Å². The van der Waals surface area contributed by atoms with Crippen LogP contribution in [0.1, 0.15) is 0 Å². The van der Waals surface area contributed by atoms with Crippen LogP contribution in [0.4, 0.5) is 0 Å². The predicted molar refractivity (Wildman–Crippen MR) is 60.4 cm³/mol. The van der Waals surface area contributed by atoms with Gasteiger partial charge < -0.3 is 4.74 Å². The van der Waals surface area contributed by atoms with Gasteiger partial charge in [0.1, 0.15) is 9.56 Å². The van der Waals surface area contributed by atoms with Crippen molar-refractivity contribution in [1.82, 2.24) is 0 Å². The Balaban J connectivity index is 2.25. The lowest BCUT2D eigenvalue weighted by Crippen LogP contribution is -2.17. The Kier molecular flexibility index (Phi) is 2.62. The third-order valence-electron chi connectivity index (χ3n) is 1.71. The molecule has 4 nitrogen and oxygen atoms in total. The van der Waals surface area contributed by atoms with Crippen molar-refractivity contribution in [3.63, 3.8) is 0 Å². The fraction of sp³-hybridized carbons (Fsp3) is 0. The van der Waals surface area contributed by atoms with Crippen LogP contribution < -0.4 is 4.74 Å². The van der Waals surface area contributed by atoms with Gasteiger partial charge in [0.05, 0.1) is 6.20 Å². The highest BCUT2D eigenvalue weighted by Gasteiger charge is 2.30. The molecule has 15 heavy (non-hydrogen) atoms. The topological polar surface area (TPSA) is 55.7 Å². The Hall–Kier alpha value is -1.14. The maximum atomic E-state index is 11.5. The van der Waals surface area contributed by atoms with E-state index in [0.717, 1.165) is 0 Å². The number of benzene rings is 1. The van der Waals surface area contributed by atoms with Gasteiger partial charge >= 0.3 is 5.23 Å². The average Bonchev–Trinajstić information content (AvgIpc) is 2.47. The Morgan fingerprint density at radius 3 is 2.40 bits per heavy atom. The van der Waals surface area contributed by atoms with Crippen molar-refractivity contribution in [3.05, 3.63) is 40.3 Å². The second-order valence-corrected chi connectivity index (χ2v) is 5.92.